The van der Waals surface area contributed by atoms with E-state index in [9.17, 15) is 13.2 Å². The maximum atomic E-state index is 13.2. The van der Waals surface area contributed by atoms with Gasteiger partial charge in [0.2, 0.25) is 16.0 Å². The van der Waals surface area contributed by atoms with Crippen LogP contribution in [0.4, 0.5) is 5.95 Å². The molecule has 2 aromatic heterocycles. The van der Waals surface area contributed by atoms with Crippen LogP contribution in [0.3, 0.4) is 0 Å². The summed E-state index contributed by atoms with van der Waals surface area (Å²) < 4.78 is 37.6. The normalized spacial score (nSPS) is 14.7. The molecule has 1 saturated heterocycles. The highest BCUT2D eigenvalue weighted by Gasteiger charge is 2.25. The summed E-state index contributed by atoms with van der Waals surface area (Å²) in [7, 11) is -2.67. The van der Waals surface area contributed by atoms with Crippen LogP contribution in [0, 0.1) is 6.92 Å². The first kappa shape index (κ1) is 22.9. The second-order valence-corrected chi connectivity index (χ2v) is 9.75. The topological polar surface area (TPSA) is 112 Å². The van der Waals surface area contributed by atoms with Crippen molar-refractivity contribution in [1.82, 2.24) is 13.9 Å². The van der Waals surface area contributed by atoms with Crippen LogP contribution in [0.2, 0.25) is 0 Å². The van der Waals surface area contributed by atoms with E-state index in [0.29, 0.717) is 36.0 Å². The van der Waals surface area contributed by atoms with E-state index < -0.39 is 16.0 Å². The number of anilines is 1. The van der Waals surface area contributed by atoms with Gasteiger partial charge in [0, 0.05) is 37.2 Å². The second-order valence-electron chi connectivity index (χ2n) is 7.90. The van der Waals surface area contributed by atoms with Crippen molar-refractivity contribution < 1.29 is 22.7 Å². The molecular weight excluding hydrogens is 444 g/mol. The third-order valence-corrected chi connectivity index (χ3v) is 7.07. The first-order chi connectivity index (χ1) is 15.9. The number of esters is 1. The Bertz CT molecular complexity index is 1230. The lowest BCUT2D eigenvalue weighted by Crippen LogP contribution is -2.28. The van der Waals surface area contributed by atoms with Gasteiger partial charge in [0.05, 0.1) is 18.6 Å². The first-order valence-electron chi connectivity index (χ1n) is 10.6. The van der Waals surface area contributed by atoms with Crippen LogP contribution >= 0.6 is 0 Å². The van der Waals surface area contributed by atoms with E-state index in [-0.39, 0.29) is 17.5 Å². The fourth-order valence-corrected chi connectivity index (χ4v) is 5.19. The Morgan fingerprint density at radius 3 is 2.67 bits per heavy atom. The van der Waals surface area contributed by atoms with Crippen LogP contribution < -0.4 is 5.32 Å². The molecule has 1 aliphatic rings. The van der Waals surface area contributed by atoms with Crippen molar-refractivity contribution >= 4 is 21.9 Å². The van der Waals surface area contributed by atoms with Crippen LogP contribution in [-0.2, 0) is 25.2 Å². The maximum absolute atomic E-state index is 13.2. The number of rotatable bonds is 7. The minimum atomic E-state index is -3.89. The molecule has 0 aliphatic carbocycles. The number of aromatic nitrogens is 3. The zero-order valence-corrected chi connectivity index (χ0v) is 19.3. The van der Waals surface area contributed by atoms with Crippen molar-refractivity contribution in [3.63, 3.8) is 0 Å². The third-order valence-electron chi connectivity index (χ3n) is 5.47. The van der Waals surface area contributed by atoms with Gasteiger partial charge in [0.25, 0.3) is 0 Å². The van der Waals surface area contributed by atoms with Gasteiger partial charge >= 0.3 is 5.97 Å². The monoisotopic (exact) mass is 470 g/mol. The summed E-state index contributed by atoms with van der Waals surface area (Å²) in [6.45, 7) is 3.20. The summed E-state index contributed by atoms with van der Waals surface area (Å²) in [5.74, 6) is -0.558. The smallest absolute Gasteiger partial charge is 0.355 e. The van der Waals surface area contributed by atoms with Crippen LogP contribution in [-0.4, -0.2) is 54.7 Å². The largest absolute Gasteiger partial charge is 0.464 e. The lowest BCUT2D eigenvalue weighted by molar-refractivity contribution is 0.0592. The van der Waals surface area contributed by atoms with Crippen molar-refractivity contribution in [3.05, 3.63) is 65.6 Å². The molecule has 1 fully saturated rings. The van der Waals surface area contributed by atoms with E-state index in [0.717, 1.165) is 22.4 Å². The standard InChI is InChI=1S/C23H26N4O5S/c1-16-13-24-23(25-19-8-10-32-11-9-19)26-21(16)18-12-20(22(28)31-2)27(14-18)33(29,30)15-17-6-4-3-5-7-17/h3-7,12-14,19H,8-11,15H2,1-2H3,(H,24,25,26). The van der Waals surface area contributed by atoms with Gasteiger partial charge in [-0.05, 0) is 37.0 Å². The Hall–Kier alpha value is -3.24. The molecule has 0 atom stereocenters. The fourth-order valence-electron chi connectivity index (χ4n) is 3.74. The third kappa shape index (κ3) is 5.23. The average molecular weight is 471 g/mol. The fraction of sp³-hybridized carbons (Fsp3) is 0.348. The lowest BCUT2D eigenvalue weighted by atomic mass is 10.1. The molecule has 3 heterocycles. The molecule has 174 valence electrons. The van der Waals surface area contributed by atoms with Crippen molar-refractivity contribution in [2.45, 2.75) is 31.6 Å². The quantitative estimate of drug-likeness (QED) is 0.525. The van der Waals surface area contributed by atoms with Gasteiger partial charge in [-0.3, -0.25) is 0 Å². The summed E-state index contributed by atoms with van der Waals surface area (Å²) >= 11 is 0. The molecule has 0 spiro atoms. The number of nitrogens with one attached hydrogen (secondary N) is 1. The predicted octanol–water partition coefficient (Wildman–Crippen LogP) is 3.01. The molecule has 0 saturated carbocycles. The number of nitrogens with zero attached hydrogens (tertiary/aromatic N) is 3. The first-order valence-corrected chi connectivity index (χ1v) is 12.2. The lowest BCUT2D eigenvalue weighted by Gasteiger charge is -2.23. The summed E-state index contributed by atoms with van der Waals surface area (Å²) in [4.78, 5) is 21.4. The summed E-state index contributed by atoms with van der Waals surface area (Å²) in [5, 5.41) is 3.32. The van der Waals surface area contributed by atoms with Crippen molar-refractivity contribution in [1.29, 1.82) is 0 Å². The minimum absolute atomic E-state index is 0.0830. The van der Waals surface area contributed by atoms with Gasteiger partial charge in [-0.1, -0.05) is 30.3 Å². The number of ether oxygens (including phenoxy) is 2. The van der Waals surface area contributed by atoms with Crippen LogP contribution in [0.1, 0.15) is 34.5 Å². The zero-order valence-electron chi connectivity index (χ0n) is 18.5. The maximum Gasteiger partial charge on any atom is 0.355 e. The van der Waals surface area contributed by atoms with Gasteiger partial charge in [-0.25, -0.2) is 27.2 Å². The number of carbonyl (C=O) groups excluding carboxylic acids is 1. The molecule has 1 N–H and O–H groups in total. The van der Waals surface area contributed by atoms with Crippen LogP contribution in [0.25, 0.3) is 11.3 Å². The van der Waals surface area contributed by atoms with Crippen LogP contribution in [0.15, 0.2) is 48.8 Å². The van der Waals surface area contributed by atoms with E-state index in [1.807, 2.05) is 13.0 Å². The van der Waals surface area contributed by atoms with Gasteiger partial charge in [-0.2, -0.15) is 0 Å². The van der Waals surface area contributed by atoms with E-state index >= 15 is 0 Å². The number of aryl methyl sites for hydroxylation is 1. The summed E-state index contributed by atoms with van der Waals surface area (Å²) in [6.07, 6.45) is 4.80. The number of hydrogen-bond donors (Lipinski definition) is 1. The molecule has 3 aromatic rings. The Labute approximate surface area is 192 Å². The SMILES string of the molecule is COC(=O)c1cc(-c2nc(NC3CCOCC3)ncc2C)cn1S(=O)(=O)Cc1ccccc1. The van der Waals surface area contributed by atoms with Crippen molar-refractivity contribution in [3.8, 4) is 11.3 Å². The minimum Gasteiger partial charge on any atom is -0.464 e. The van der Waals surface area contributed by atoms with E-state index in [1.165, 1.54) is 19.4 Å². The molecular formula is C23H26N4O5S. The Morgan fingerprint density at radius 1 is 1.24 bits per heavy atom. The summed E-state index contributed by atoms with van der Waals surface area (Å²) in [6, 6.07) is 10.5. The van der Waals surface area contributed by atoms with Crippen molar-refractivity contribution in [2.75, 3.05) is 25.6 Å². The number of hydrogen-bond acceptors (Lipinski definition) is 8. The predicted molar refractivity (Wildman–Crippen MR) is 123 cm³/mol. The molecule has 0 unspecified atom stereocenters. The molecule has 10 heteroatoms. The second kappa shape index (κ2) is 9.72. The summed E-state index contributed by atoms with van der Waals surface area (Å²) in [5.41, 5.74) is 2.31. The average Bonchev–Trinajstić information content (AvgIpc) is 3.27. The molecule has 1 aromatic carbocycles. The number of carbonyl (C=O) groups is 1. The van der Waals surface area contributed by atoms with E-state index in [2.05, 4.69) is 15.3 Å². The molecule has 0 bridgehead atoms. The molecule has 0 amide bonds. The molecule has 9 nitrogen and oxygen atoms in total. The van der Waals surface area contributed by atoms with Crippen molar-refractivity contribution in [2.24, 2.45) is 0 Å². The molecule has 1 aliphatic heterocycles. The van der Waals surface area contributed by atoms with Gasteiger partial charge in [0.15, 0.2) is 0 Å². The number of methoxy groups -OCH3 is 1. The molecule has 33 heavy (non-hydrogen) atoms. The Balaban J connectivity index is 1.71. The van der Waals surface area contributed by atoms with Gasteiger partial charge in [0.1, 0.15) is 5.69 Å². The van der Waals surface area contributed by atoms with Gasteiger partial charge < -0.3 is 14.8 Å². The molecule has 0 radical (unpaired) electrons. The number of benzene rings is 1. The van der Waals surface area contributed by atoms with E-state index in [4.69, 9.17) is 9.47 Å². The highest BCUT2D eigenvalue weighted by atomic mass is 32.2. The Morgan fingerprint density at radius 2 is 1.97 bits per heavy atom. The highest BCUT2D eigenvalue weighted by molar-refractivity contribution is 7.89. The van der Waals surface area contributed by atoms with Gasteiger partial charge in [-0.15, -0.1) is 0 Å². The zero-order chi connectivity index (χ0) is 23.4. The highest BCUT2D eigenvalue weighted by Crippen LogP contribution is 2.27. The molecule has 4 rings (SSSR count). The van der Waals surface area contributed by atoms with Crippen LogP contribution in [0.5, 0.6) is 0 Å². The Kier molecular flexibility index (Phi) is 6.75. The van der Waals surface area contributed by atoms with E-state index in [1.54, 1.807) is 30.5 Å².